The summed E-state index contributed by atoms with van der Waals surface area (Å²) in [5.74, 6) is 0.648. The van der Waals surface area contributed by atoms with Crippen LogP contribution < -0.4 is 10.0 Å². The van der Waals surface area contributed by atoms with Crippen LogP contribution in [0.5, 0.6) is 0 Å². The maximum absolute atomic E-state index is 11.7. The van der Waals surface area contributed by atoms with Gasteiger partial charge in [0.05, 0.1) is 19.0 Å². The number of hydrogen-bond donors (Lipinski definition) is 2. The van der Waals surface area contributed by atoms with Crippen molar-refractivity contribution < 1.29 is 13.2 Å². The summed E-state index contributed by atoms with van der Waals surface area (Å²) in [5, 5.41) is 3.64. The molecule has 4 rings (SSSR count). The third-order valence-electron chi connectivity index (χ3n) is 6.26. The Morgan fingerprint density at radius 1 is 1.15 bits per heavy atom. The van der Waals surface area contributed by atoms with Crippen molar-refractivity contribution in [1.29, 1.82) is 0 Å². The third kappa shape index (κ3) is 4.47. The zero-order valence-electron chi connectivity index (χ0n) is 15.5. The largest absolute Gasteiger partial charge is 0.377 e. The Hall–Kier alpha value is -0.950. The first-order valence-corrected chi connectivity index (χ1v) is 11.7. The van der Waals surface area contributed by atoms with E-state index < -0.39 is 10.0 Å². The number of ether oxygens (including phenoxy) is 1. The molecule has 0 aromatic heterocycles. The molecular weight excluding hydrogens is 348 g/mol. The van der Waals surface area contributed by atoms with Gasteiger partial charge in [-0.3, -0.25) is 0 Å². The summed E-state index contributed by atoms with van der Waals surface area (Å²) < 4.78 is 32.4. The molecule has 2 atom stereocenters. The Kier molecular flexibility index (Phi) is 5.12. The van der Waals surface area contributed by atoms with Crippen LogP contribution in [-0.4, -0.2) is 45.0 Å². The van der Waals surface area contributed by atoms with E-state index in [1.165, 1.54) is 24.7 Å². The molecule has 2 N–H and O–H groups in total. The van der Waals surface area contributed by atoms with Gasteiger partial charge < -0.3 is 10.1 Å². The van der Waals surface area contributed by atoms with E-state index in [0.29, 0.717) is 18.6 Å². The highest BCUT2D eigenvalue weighted by molar-refractivity contribution is 7.88. The van der Waals surface area contributed by atoms with Crippen LogP contribution in [0.1, 0.15) is 56.4 Å². The van der Waals surface area contributed by atoms with Crippen LogP contribution >= 0.6 is 0 Å². The first-order chi connectivity index (χ1) is 12.4. The second-order valence-electron chi connectivity index (χ2n) is 8.45. The summed E-state index contributed by atoms with van der Waals surface area (Å²) in [6.07, 6.45) is 9.22. The van der Waals surface area contributed by atoms with Crippen molar-refractivity contribution >= 4 is 10.0 Å². The van der Waals surface area contributed by atoms with Gasteiger partial charge in [0, 0.05) is 17.6 Å². The Balaban J connectivity index is 1.27. The van der Waals surface area contributed by atoms with Crippen LogP contribution in [0.3, 0.4) is 0 Å². The number of benzene rings is 1. The van der Waals surface area contributed by atoms with E-state index in [2.05, 4.69) is 40.4 Å². The summed E-state index contributed by atoms with van der Waals surface area (Å²) in [6.45, 7) is 0.593. The quantitative estimate of drug-likeness (QED) is 0.798. The summed E-state index contributed by atoms with van der Waals surface area (Å²) in [7, 11) is -3.19. The molecule has 2 aliphatic carbocycles. The minimum absolute atomic E-state index is 0.0480. The topological polar surface area (TPSA) is 67.4 Å². The highest BCUT2D eigenvalue weighted by atomic mass is 32.2. The first kappa shape index (κ1) is 18.4. The fraction of sp³-hybridized carbons (Fsp3) is 0.700. The lowest BCUT2D eigenvalue weighted by Gasteiger charge is -2.30. The molecule has 2 saturated carbocycles. The van der Waals surface area contributed by atoms with Crippen LogP contribution in [0.15, 0.2) is 30.3 Å². The molecule has 3 aliphatic rings. The summed E-state index contributed by atoms with van der Waals surface area (Å²) in [4.78, 5) is 0. The Morgan fingerprint density at radius 2 is 1.85 bits per heavy atom. The zero-order chi connectivity index (χ0) is 18.2. The van der Waals surface area contributed by atoms with Gasteiger partial charge in [0.25, 0.3) is 0 Å². The Bertz CT molecular complexity index is 710. The van der Waals surface area contributed by atoms with Gasteiger partial charge >= 0.3 is 0 Å². The monoisotopic (exact) mass is 378 g/mol. The Morgan fingerprint density at radius 3 is 2.46 bits per heavy atom. The molecular formula is C20H30N2O3S. The number of hydrogen-bond acceptors (Lipinski definition) is 4. The normalized spacial score (nSPS) is 33.4. The minimum atomic E-state index is -3.19. The second-order valence-corrected chi connectivity index (χ2v) is 10.2. The van der Waals surface area contributed by atoms with Gasteiger partial charge in [-0.2, -0.15) is 0 Å². The molecule has 0 radical (unpaired) electrons. The zero-order valence-corrected chi connectivity index (χ0v) is 16.3. The van der Waals surface area contributed by atoms with Gasteiger partial charge in [-0.05, 0) is 56.4 Å². The number of nitrogens with one attached hydrogen (secondary N) is 2. The van der Waals surface area contributed by atoms with Gasteiger partial charge in [0.15, 0.2) is 0 Å². The van der Waals surface area contributed by atoms with Gasteiger partial charge in [-0.15, -0.1) is 0 Å². The van der Waals surface area contributed by atoms with Crippen molar-refractivity contribution in [2.45, 2.75) is 74.6 Å². The Labute approximate surface area is 156 Å². The van der Waals surface area contributed by atoms with Crippen LogP contribution in [0.2, 0.25) is 0 Å². The molecule has 0 bridgehead atoms. The molecule has 6 heteroatoms. The lowest BCUT2D eigenvalue weighted by molar-refractivity contribution is 0.0120. The fourth-order valence-corrected chi connectivity index (χ4v) is 5.50. The molecule has 1 saturated heterocycles. The highest BCUT2D eigenvalue weighted by Gasteiger charge is 2.53. The lowest BCUT2D eigenvalue weighted by Crippen LogP contribution is -2.46. The van der Waals surface area contributed by atoms with Gasteiger partial charge in [0.2, 0.25) is 10.0 Å². The highest BCUT2D eigenvalue weighted by Crippen LogP contribution is 2.45. The van der Waals surface area contributed by atoms with Gasteiger partial charge in [-0.1, -0.05) is 30.3 Å². The average molecular weight is 379 g/mol. The summed E-state index contributed by atoms with van der Waals surface area (Å²) >= 11 is 0. The van der Waals surface area contributed by atoms with E-state index in [9.17, 15) is 8.42 Å². The van der Waals surface area contributed by atoms with Crippen molar-refractivity contribution in [3.8, 4) is 0 Å². The van der Waals surface area contributed by atoms with Crippen molar-refractivity contribution in [3.05, 3.63) is 35.9 Å². The van der Waals surface area contributed by atoms with Gasteiger partial charge in [0.1, 0.15) is 0 Å². The van der Waals surface area contributed by atoms with E-state index >= 15 is 0 Å². The van der Waals surface area contributed by atoms with E-state index in [1.807, 2.05) is 0 Å². The van der Waals surface area contributed by atoms with E-state index in [4.69, 9.17) is 4.74 Å². The van der Waals surface area contributed by atoms with Crippen molar-refractivity contribution in [1.82, 2.24) is 10.0 Å². The number of sulfonamides is 1. The van der Waals surface area contributed by atoms with Crippen LogP contribution in [0.4, 0.5) is 0 Å². The smallest absolute Gasteiger partial charge is 0.209 e. The summed E-state index contributed by atoms with van der Waals surface area (Å²) in [6, 6.07) is 10.8. The van der Waals surface area contributed by atoms with Crippen LogP contribution in [0.25, 0.3) is 0 Å². The number of rotatable bonds is 6. The van der Waals surface area contributed by atoms with Crippen molar-refractivity contribution in [3.63, 3.8) is 0 Å². The molecule has 1 aliphatic heterocycles. The van der Waals surface area contributed by atoms with Crippen molar-refractivity contribution in [2.24, 2.45) is 0 Å². The average Bonchev–Trinajstić information content (AvgIpc) is 3.28. The third-order valence-corrected chi connectivity index (χ3v) is 6.99. The van der Waals surface area contributed by atoms with E-state index in [1.54, 1.807) is 0 Å². The van der Waals surface area contributed by atoms with E-state index in [-0.39, 0.29) is 17.6 Å². The summed E-state index contributed by atoms with van der Waals surface area (Å²) in [5.41, 5.74) is 1.61. The maximum atomic E-state index is 11.7. The maximum Gasteiger partial charge on any atom is 0.209 e. The second kappa shape index (κ2) is 7.23. The molecule has 26 heavy (non-hydrogen) atoms. The standard InChI is InChI=1S/C20H30N2O3S/c1-26(23,24)22-18-13-20(11-12-20)21-19(18)14-25-17-9-7-16(8-10-17)15-5-3-2-4-6-15/h2-6,16-19,21-22H,7-14H2,1H3/t16?,17?,18-,19-/m0/s1. The van der Waals surface area contributed by atoms with Crippen LogP contribution in [0, 0.1) is 0 Å². The fourth-order valence-electron chi connectivity index (χ4n) is 4.70. The van der Waals surface area contributed by atoms with Crippen LogP contribution in [-0.2, 0) is 14.8 Å². The molecule has 3 fully saturated rings. The molecule has 1 aromatic rings. The lowest BCUT2D eigenvalue weighted by atomic mass is 9.83. The predicted molar refractivity (Wildman–Crippen MR) is 103 cm³/mol. The van der Waals surface area contributed by atoms with E-state index in [0.717, 1.165) is 32.1 Å². The predicted octanol–water partition coefficient (Wildman–Crippen LogP) is 2.54. The first-order valence-electron chi connectivity index (χ1n) is 9.84. The van der Waals surface area contributed by atoms with Gasteiger partial charge in [-0.25, -0.2) is 13.1 Å². The molecule has 1 spiro atoms. The molecule has 0 unspecified atom stereocenters. The molecule has 1 heterocycles. The minimum Gasteiger partial charge on any atom is -0.377 e. The van der Waals surface area contributed by atoms with Crippen molar-refractivity contribution in [2.75, 3.05) is 12.9 Å². The molecule has 5 nitrogen and oxygen atoms in total. The molecule has 1 aromatic carbocycles. The molecule has 0 amide bonds. The molecule has 144 valence electrons. The SMILES string of the molecule is CS(=O)(=O)N[C@H]1CC2(CC2)N[C@H]1COC1CCC(c2ccccc2)CC1.